The fraction of sp³-hybridized carbons (Fsp3) is 0.190. The summed E-state index contributed by atoms with van der Waals surface area (Å²) in [4.78, 5) is 13.6. The van der Waals surface area contributed by atoms with E-state index in [9.17, 15) is 9.90 Å². The molecule has 0 aliphatic heterocycles. The van der Waals surface area contributed by atoms with E-state index in [1.54, 1.807) is 0 Å². The number of hydrogen-bond donors (Lipinski definition) is 1. The van der Waals surface area contributed by atoms with Crippen molar-refractivity contribution in [2.45, 2.75) is 36.5 Å². The maximum atomic E-state index is 12.4. The normalized spacial score (nSPS) is 11.0. The van der Waals surface area contributed by atoms with E-state index < -0.39 is 5.63 Å². The summed E-state index contributed by atoms with van der Waals surface area (Å²) in [7, 11) is 0. The molecule has 3 nitrogen and oxygen atoms in total. The second-order valence-corrected chi connectivity index (χ2v) is 7.33. The molecule has 0 atom stereocenters. The van der Waals surface area contributed by atoms with Crippen LogP contribution in [0, 0.1) is 6.92 Å². The minimum Gasteiger partial charge on any atom is -0.506 e. The van der Waals surface area contributed by atoms with E-state index in [1.807, 2.05) is 55.5 Å². The zero-order valence-electron chi connectivity index (χ0n) is 14.4. The van der Waals surface area contributed by atoms with Crippen LogP contribution in [0.3, 0.4) is 0 Å². The standard InChI is InChI=1S/C21H20O3S/c1-13(2)16-6-4-5-7-19(16)25-20-17(22)12-18(24-21(20)23)15-10-8-14(3)9-11-15/h4-13,22H,1-3H3. The summed E-state index contributed by atoms with van der Waals surface area (Å²) in [5.74, 6) is 0.629. The lowest BCUT2D eigenvalue weighted by Crippen LogP contribution is -2.03. The minimum atomic E-state index is -0.529. The third kappa shape index (κ3) is 3.80. The van der Waals surface area contributed by atoms with Crippen LogP contribution in [-0.2, 0) is 0 Å². The molecule has 0 fully saturated rings. The summed E-state index contributed by atoms with van der Waals surface area (Å²) in [5.41, 5.74) is 2.48. The Morgan fingerprint density at radius 2 is 1.72 bits per heavy atom. The Labute approximate surface area is 151 Å². The molecule has 0 saturated carbocycles. The molecule has 1 heterocycles. The van der Waals surface area contributed by atoms with E-state index >= 15 is 0 Å². The zero-order valence-corrected chi connectivity index (χ0v) is 15.3. The van der Waals surface area contributed by atoms with Crippen LogP contribution < -0.4 is 5.63 Å². The highest BCUT2D eigenvalue weighted by molar-refractivity contribution is 7.99. The Kier molecular flexibility index (Phi) is 5.00. The van der Waals surface area contributed by atoms with Crippen LogP contribution in [0.25, 0.3) is 11.3 Å². The van der Waals surface area contributed by atoms with E-state index in [4.69, 9.17) is 4.42 Å². The quantitative estimate of drug-likeness (QED) is 0.664. The second kappa shape index (κ2) is 7.19. The fourth-order valence-electron chi connectivity index (χ4n) is 2.58. The maximum Gasteiger partial charge on any atom is 0.354 e. The van der Waals surface area contributed by atoms with Crippen LogP contribution in [0.4, 0.5) is 0 Å². The van der Waals surface area contributed by atoms with Crippen LogP contribution in [0.5, 0.6) is 5.75 Å². The van der Waals surface area contributed by atoms with Gasteiger partial charge in [-0.25, -0.2) is 4.79 Å². The third-order valence-corrected chi connectivity index (χ3v) is 5.15. The monoisotopic (exact) mass is 352 g/mol. The van der Waals surface area contributed by atoms with Crippen molar-refractivity contribution in [1.82, 2.24) is 0 Å². The zero-order chi connectivity index (χ0) is 18.0. The molecular weight excluding hydrogens is 332 g/mol. The van der Waals surface area contributed by atoms with E-state index in [0.29, 0.717) is 11.7 Å². The highest BCUT2D eigenvalue weighted by Crippen LogP contribution is 2.37. The van der Waals surface area contributed by atoms with Gasteiger partial charge in [0.2, 0.25) is 0 Å². The van der Waals surface area contributed by atoms with Gasteiger partial charge in [-0.05, 0) is 24.5 Å². The van der Waals surface area contributed by atoms with E-state index in [0.717, 1.165) is 21.6 Å². The lowest BCUT2D eigenvalue weighted by Gasteiger charge is -2.12. The van der Waals surface area contributed by atoms with E-state index in [1.165, 1.54) is 17.8 Å². The van der Waals surface area contributed by atoms with Crippen LogP contribution in [0.1, 0.15) is 30.9 Å². The molecular formula is C21H20O3S. The molecule has 0 aliphatic carbocycles. The van der Waals surface area contributed by atoms with Crippen molar-refractivity contribution in [1.29, 1.82) is 0 Å². The maximum absolute atomic E-state index is 12.4. The van der Waals surface area contributed by atoms with Crippen molar-refractivity contribution in [3.05, 3.63) is 76.1 Å². The molecule has 3 aromatic rings. The molecule has 0 radical (unpaired) electrons. The summed E-state index contributed by atoms with van der Waals surface area (Å²) in [6.07, 6.45) is 0. The van der Waals surface area contributed by atoms with Gasteiger partial charge >= 0.3 is 5.63 Å². The summed E-state index contributed by atoms with van der Waals surface area (Å²) in [6.45, 7) is 6.19. The van der Waals surface area contributed by atoms with Gasteiger partial charge in [-0.15, -0.1) is 0 Å². The molecule has 0 amide bonds. The average molecular weight is 352 g/mol. The Bertz CT molecular complexity index is 940. The van der Waals surface area contributed by atoms with E-state index in [2.05, 4.69) is 13.8 Å². The molecule has 0 saturated heterocycles. The van der Waals surface area contributed by atoms with Crippen molar-refractivity contribution in [3.63, 3.8) is 0 Å². The molecule has 1 N–H and O–H groups in total. The highest BCUT2D eigenvalue weighted by Gasteiger charge is 2.16. The summed E-state index contributed by atoms with van der Waals surface area (Å²) in [5, 5.41) is 10.4. The first-order valence-electron chi connectivity index (χ1n) is 8.16. The number of aryl methyl sites for hydroxylation is 1. The summed E-state index contributed by atoms with van der Waals surface area (Å²) < 4.78 is 5.45. The fourth-order valence-corrected chi connectivity index (χ4v) is 3.66. The minimum absolute atomic E-state index is 0.0598. The topological polar surface area (TPSA) is 50.4 Å². The molecule has 3 rings (SSSR count). The molecule has 128 valence electrons. The smallest absolute Gasteiger partial charge is 0.354 e. The Morgan fingerprint density at radius 1 is 1.04 bits per heavy atom. The van der Waals surface area contributed by atoms with E-state index in [-0.39, 0.29) is 10.6 Å². The molecule has 4 heteroatoms. The van der Waals surface area contributed by atoms with Crippen LogP contribution >= 0.6 is 11.8 Å². The molecule has 1 aromatic heterocycles. The first-order chi connectivity index (χ1) is 12.0. The van der Waals surface area contributed by atoms with Crippen molar-refractivity contribution >= 4 is 11.8 Å². The molecule has 0 spiro atoms. The third-order valence-electron chi connectivity index (χ3n) is 3.98. The number of rotatable bonds is 4. The van der Waals surface area contributed by atoms with Gasteiger partial charge in [-0.1, -0.05) is 73.6 Å². The van der Waals surface area contributed by atoms with Gasteiger partial charge in [0.25, 0.3) is 0 Å². The molecule has 0 unspecified atom stereocenters. The van der Waals surface area contributed by atoms with Gasteiger partial charge in [0.05, 0.1) is 0 Å². The number of hydrogen-bond acceptors (Lipinski definition) is 4. The lowest BCUT2D eigenvalue weighted by atomic mass is 10.0. The first-order valence-corrected chi connectivity index (χ1v) is 8.98. The van der Waals surface area contributed by atoms with Gasteiger partial charge < -0.3 is 9.52 Å². The second-order valence-electron chi connectivity index (χ2n) is 6.27. The van der Waals surface area contributed by atoms with Crippen molar-refractivity contribution in [2.75, 3.05) is 0 Å². The Hall–Kier alpha value is -2.46. The van der Waals surface area contributed by atoms with Gasteiger partial charge in [0.1, 0.15) is 16.4 Å². The van der Waals surface area contributed by atoms with Crippen LogP contribution in [-0.4, -0.2) is 5.11 Å². The summed E-state index contributed by atoms with van der Waals surface area (Å²) >= 11 is 1.25. The predicted octanol–water partition coefficient (Wildman–Crippen LogP) is 5.60. The molecule has 25 heavy (non-hydrogen) atoms. The highest BCUT2D eigenvalue weighted by atomic mass is 32.2. The first kappa shape index (κ1) is 17.4. The SMILES string of the molecule is Cc1ccc(-c2cc(O)c(Sc3ccccc3C(C)C)c(=O)o2)cc1. The van der Waals surface area contributed by atoms with Crippen LogP contribution in [0.15, 0.2) is 73.6 Å². The van der Waals surface area contributed by atoms with Crippen LogP contribution in [0.2, 0.25) is 0 Å². The van der Waals surface area contributed by atoms with Crippen molar-refractivity contribution in [2.24, 2.45) is 0 Å². The number of benzene rings is 2. The molecule has 0 bridgehead atoms. The lowest BCUT2D eigenvalue weighted by molar-refractivity contribution is 0.430. The van der Waals surface area contributed by atoms with Crippen molar-refractivity contribution < 1.29 is 9.52 Å². The van der Waals surface area contributed by atoms with Gasteiger partial charge in [-0.2, -0.15) is 0 Å². The van der Waals surface area contributed by atoms with Gasteiger partial charge in [0.15, 0.2) is 0 Å². The Morgan fingerprint density at radius 3 is 2.36 bits per heavy atom. The largest absolute Gasteiger partial charge is 0.506 e. The predicted molar refractivity (Wildman–Crippen MR) is 101 cm³/mol. The molecule has 2 aromatic carbocycles. The van der Waals surface area contributed by atoms with Gasteiger partial charge in [-0.3, -0.25) is 0 Å². The summed E-state index contributed by atoms with van der Waals surface area (Å²) in [6, 6.07) is 17.0. The number of aromatic hydroxyl groups is 1. The van der Waals surface area contributed by atoms with Crippen molar-refractivity contribution in [3.8, 4) is 17.1 Å². The molecule has 0 aliphatic rings. The average Bonchev–Trinajstić information content (AvgIpc) is 2.59. The van der Waals surface area contributed by atoms with Gasteiger partial charge in [0, 0.05) is 16.5 Å². The Balaban J connectivity index is 1.99.